The number of likely N-dealkylation sites (tertiary alicyclic amines) is 1. The molecule has 4 rings (SSSR count). The number of ether oxygens (including phenoxy) is 3. The molecule has 0 radical (unpaired) electrons. The molecule has 0 N–H and O–H groups in total. The third-order valence-corrected chi connectivity index (χ3v) is 6.98. The molecule has 178 valence electrons. The Hall–Kier alpha value is -2.24. The first-order valence-electron chi connectivity index (χ1n) is 11.7. The Labute approximate surface area is 202 Å². The summed E-state index contributed by atoms with van der Waals surface area (Å²) in [7, 11) is 0. The Bertz CT molecular complexity index is 985. The largest absolute Gasteiger partial charge is 0.492 e. The van der Waals surface area contributed by atoms with Gasteiger partial charge in [-0.05, 0) is 83.5 Å². The minimum absolute atomic E-state index is 0.0113. The molecule has 0 unspecified atom stereocenters. The lowest BCUT2D eigenvalue weighted by Crippen LogP contribution is -2.44. The van der Waals surface area contributed by atoms with Gasteiger partial charge >= 0.3 is 5.97 Å². The molecule has 0 saturated carbocycles. The third-order valence-electron chi connectivity index (χ3n) is 6.63. The highest BCUT2D eigenvalue weighted by Gasteiger charge is 2.43. The molecule has 2 aromatic carbocycles. The van der Waals surface area contributed by atoms with Crippen LogP contribution in [0.15, 0.2) is 36.4 Å². The number of rotatable bonds is 6. The lowest BCUT2D eigenvalue weighted by Gasteiger charge is -2.38. The van der Waals surface area contributed by atoms with Crippen molar-refractivity contribution in [1.29, 1.82) is 0 Å². The summed E-state index contributed by atoms with van der Waals surface area (Å²) in [6.45, 7) is 11.5. The van der Waals surface area contributed by atoms with E-state index in [4.69, 9.17) is 25.8 Å². The van der Waals surface area contributed by atoms with Gasteiger partial charge in [-0.15, -0.1) is 0 Å². The van der Waals surface area contributed by atoms with Crippen molar-refractivity contribution >= 4 is 17.6 Å². The smallest absolute Gasteiger partial charge is 0.307 e. The van der Waals surface area contributed by atoms with Crippen molar-refractivity contribution in [2.24, 2.45) is 0 Å². The number of halogens is 1. The van der Waals surface area contributed by atoms with Gasteiger partial charge in [0, 0.05) is 28.1 Å². The van der Waals surface area contributed by atoms with E-state index < -0.39 is 5.60 Å². The SMILES string of the molecule is Cc1cccc(Cl)c1COc1ccc2c(c1)C1(CCN(CCC(=O)OC(C)(C)C)CC1)CO2. The summed E-state index contributed by atoms with van der Waals surface area (Å²) in [5, 5.41) is 0.731. The lowest BCUT2D eigenvalue weighted by molar-refractivity contribution is -0.155. The molecule has 1 spiro atoms. The second kappa shape index (κ2) is 9.55. The van der Waals surface area contributed by atoms with Crippen LogP contribution in [0.5, 0.6) is 11.5 Å². The Balaban J connectivity index is 1.37. The van der Waals surface area contributed by atoms with Gasteiger partial charge in [-0.25, -0.2) is 0 Å². The Morgan fingerprint density at radius 2 is 1.94 bits per heavy atom. The van der Waals surface area contributed by atoms with Crippen LogP contribution in [0.25, 0.3) is 0 Å². The number of hydrogen-bond acceptors (Lipinski definition) is 5. The number of carbonyl (C=O) groups is 1. The van der Waals surface area contributed by atoms with Crippen LogP contribution in [0.4, 0.5) is 0 Å². The predicted octanol–water partition coefficient (Wildman–Crippen LogP) is 5.69. The zero-order chi connectivity index (χ0) is 23.6. The van der Waals surface area contributed by atoms with Crippen molar-refractivity contribution in [1.82, 2.24) is 4.90 Å². The second-order valence-electron chi connectivity index (χ2n) is 10.2. The first-order chi connectivity index (χ1) is 15.7. The van der Waals surface area contributed by atoms with Crippen molar-refractivity contribution in [2.75, 3.05) is 26.2 Å². The summed E-state index contributed by atoms with van der Waals surface area (Å²) in [6, 6.07) is 12.0. The van der Waals surface area contributed by atoms with E-state index >= 15 is 0 Å². The highest BCUT2D eigenvalue weighted by molar-refractivity contribution is 6.31. The van der Waals surface area contributed by atoms with Gasteiger partial charge in [0.15, 0.2) is 0 Å². The maximum atomic E-state index is 12.1. The minimum Gasteiger partial charge on any atom is -0.492 e. The summed E-state index contributed by atoms with van der Waals surface area (Å²) in [5.74, 6) is 1.66. The predicted molar refractivity (Wildman–Crippen MR) is 130 cm³/mol. The molecule has 2 aromatic rings. The van der Waals surface area contributed by atoms with Gasteiger partial charge in [-0.2, -0.15) is 0 Å². The van der Waals surface area contributed by atoms with E-state index in [1.165, 1.54) is 5.56 Å². The Kier molecular flexibility index (Phi) is 6.92. The van der Waals surface area contributed by atoms with Crippen LogP contribution in [-0.4, -0.2) is 42.7 Å². The van der Waals surface area contributed by atoms with Gasteiger partial charge in [0.05, 0.1) is 13.0 Å². The van der Waals surface area contributed by atoms with Crippen LogP contribution in [0.1, 0.15) is 56.7 Å². The molecular formula is C27H34ClNO4. The van der Waals surface area contributed by atoms with Crippen LogP contribution in [0.3, 0.4) is 0 Å². The van der Waals surface area contributed by atoms with E-state index in [9.17, 15) is 4.79 Å². The molecule has 0 bridgehead atoms. The average molecular weight is 472 g/mol. The number of fused-ring (bicyclic) bond motifs is 2. The molecule has 0 aliphatic carbocycles. The first kappa shape index (κ1) is 23.9. The fraction of sp³-hybridized carbons (Fsp3) is 0.519. The van der Waals surface area contributed by atoms with E-state index in [1.807, 2.05) is 58.0 Å². The summed E-state index contributed by atoms with van der Waals surface area (Å²) in [6.07, 6.45) is 2.43. The molecule has 0 atom stereocenters. The molecule has 2 aliphatic rings. The van der Waals surface area contributed by atoms with Crippen LogP contribution in [0, 0.1) is 6.92 Å². The average Bonchev–Trinajstić information content (AvgIpc) is 3.09. The van der Waals surface area contributed by atoms with Crippen molar-refractivity contribution in [3.05, 3.63) is 58.1 Å². The van der Waals surface area contributed by atoms with Crippen molar-refractivity contribution in [3.8, 4) is 11.5 Å². The number of carbonyl (C=O) groups excluding carboxylic acids is 1. The van der Waals surface area contributed by atoms with Crippen molar-refractivity contribution in [3.63, 3.8) is 0 Å². The molecule has 33 heavy (non-hydrogen) atoms. The summed E-state index contributed by atoms with van der Waals surface area (Å²) >= 11 is 6.36. The highest BCUT2D eigenvalue weighted by atomic mass is 35.5. The highest BCUT2D eigenvalue weighted by Crippen LogP contribution is 2.47. The van der Waals surface area contributed by atoms with Crippen LogP contribution >= 0.6 is 11.6 Å². The standard InChI is InChI=1S/C27H34ClNO4/c1-19-6-5-7-23(28)21(19)17-31-20-8-9-24-22(16-20)27(18-32-24)11-14-29(15-12-27)13-10-25(30)33-26(2,3)4/h5-9,16H,10-15,17-18H2,1-4H3. The van der Waals surface area contributed by atoms with E-state index in [-0.39, 0.29) is 11.4 Å². The quantitative estimate of drug-likeness (QED) is 0.507. The Morgan fingerprint density at radius 3 is 2.64 bits per heavy atom. The Morgan fingerprint density at radius 1 is 1.18 bits per heavy atom. The lowest BCUT2D eigenvalue weighted by atomic mass is 9.74. The molecule has 1 fully saturated rings. The number of hydrogen-bond donors (Lipinski definition) is 0. The molecule has 0 aromatic heterocycles. The van der Waals surface area contributed by atoms with Crippen LogP contribution in [0.2, 0.25) is 5.02 Å². The zero-order valence-electron chi connectivity index (χ0n) is 20.1. The minimum atomic E-state index is -0.432. The van der Waals surface area contributed by atoms with Gasteiger partial charge in [0.25, 0.3) is 0 Å². The van der Waals surface area contributed by atoms with E-state index in [2.05, 4.69) is 11.0 Å². The van der Waals surface area contributed by atoms with Crippen molar-refractivity contribution in [2.45, 2.75) is 64.6 Å². The molecular weight excluding hydrogens is 438 g/mol. The van der Waals surface area contributed by atoms with E-state index in [0.717, 1.165) is 60.1 Å². The van der Waals surface area contributed by atoms with Crippen molar-refractivity contribution < 1.29 is 19.0 Å². The topological polar surface area (TPSA) is 48.0 Å². The maximum Gasteiger partial charge on any atom is 0.307 e. The molecule has 1 saturated heterocycles. The molecule has 2 heterocycles. The van der Waals surface area contributed by atoms with Gasteiger partial charge in [0.2, 0.25) is 0 Å². The van der Waals surface area contributed by atoms with E-state index in [0.29, 0.717) is 19.6 Å². The summed E-state index contributed by atoms with van der Waals surface area (Å²) in [4.78, 5) is 14.4. The third kappa shape index (κ3) is 5.64. The fourth-order valence-corrected chi connectivity index (χ4v) is 4.97. The number of esters is 1. The number of aryl methyl sites for hydroxylation is 1. The first-order valence-corrected chi connectivity index (χ1v) is 12.1. The van der Waals surface area contributed by atoms with Crippen LogP contribution < -0.4 is 9.47 Å². The second-order valence-corrected chi connectivity index (χ2v) is 10.6. The van der Waals surface area contributed by atoms with Gasteiger partial charge in [-0.1, -0.05) is 23.7 Å². The zero-order valence-corrected chi connectivity index (χ0v) is 20.8. The molecule has 6 heteroatoms. The normalized spacial score (nSPS) is 17.5. The molecule has 2 aliphatic heterocycles. The number of benzene rings is 2. The monoisotopic (exact) mass is 471 g/mol. The molecule has 5 nitrogen and oxygen atoms in total. The van der Waals surface area contributed by atoms with Gasteiger partial charge in [-0.3, -0.25) is 4.79 Å². The van der Waals surface area contributed by atoms with Gasteiger partial charge < -0.3 is 19.1 Å². The molecule has 0 amide bonds. The van der Waals surface area contributed by atoms with Gasteiger partial charge in [0.1, 0.15) is 23.7 Å². The maximum absolute atomic E-state index is 12.1. The van der Waals surface area contributed by atoms with Crippen LogP contribution in [-0.2, 0) is 21.6 Å². The van der Waals surface area contributed by atoms with E-state index in [1.54, 1.807) is 0 Å². The number of nitrogens with zero attached hydrogens (tertiary/aromatic N) is 1. The number of piperidine rings is 1. The summed E-state index contributed by atoms with van der Waals surface area (Å²) < 4.78 is 17.6. The summed E-state index contributed by atoms with van der Waals surface area (Å²) in [5.41, 5.74) is 2.96. The fourth-order valence-electron chi connectivity index (χ4n) is 4.70.